The molecule has 0 fully saturated rings. The van der Waals surface area contributed by atoms with Gasteiger partial charge in [0, 0.05) is 18.5 Å². The van der Waals surface area contributed by atoms with Gasteiger partial charge in [0.1, 0.15) is 10.8 Å². The zero-order chi connectivity index (χ0) is 16.9. The lowest BCUT2D eigenvalue weighted by atomic mass is 10.0. The van der Waals surface area contributed by atoms with Gasteiger partial charge in [-0.2, -0.15) is 0 Å². The Morgan fingerprint density at radius 3 is 3.08 bits per heavy atom. The van der Waals surface area contributed by atoms with E-state index >= 15 is 0 Å². The number of hydrogen-bond donors (Lipinski definition) is 2. The molecule has 7 nitrogen and oxygen atoms in total. The molecule has 1 aromatic heterocycles. The molecule has 0 spiro atoms. The van der Waals surface area contributed by atoms with Gasteiger partial charge in [-0.25, -0.2) is 0 Å². The molecular weight excluding hydrogens is 328 g/mol. The van der Waals surface area contributed by atoms with E-state index in [9.17, 15) is 9.59 Å². The number of carbonyl (C=O) groups excluding carboxylic acids is 2. The van der Waals surface area contributed by atoms with Crippen LogP contribution in [-0.2, 0) is 22.4 Å². The van der Waals surface area contributed by atoms with Crippen molar-refractivity contribution in [3.05, 3.63) is 28.8 Å². The Morgan fingerprint density at radius 2 is 2.25 bits per heavy atom. The highest BCUT2D eigenvalue weighted by molar-refractivity contribution is 7.15. The van der Waals surface area contributed by atoms with Crippen LogP contribution >= 0.6 is 11.3 Å². The van der Waals surface area contributed by atoms with Gasteiger partial charge in [-0.1, -0.05) is 18.3 Å². The van der Waals surface area contributed by atoms with Crippen molar-refractivity contribution in [2.45, 2.75) is 32.6 Å². The summed E-state index contributed by atoms with van der Waals surface area (Å²) in [5.74, 6) is 0.347. The normalized spacial score (nSPS) is 13.1. The van der Waals surface area contributed by atoms with Crippen LogP contribution < -0.4 is 15.4 Å². The molecule has 0 unspecified atom stereocenters. The predicted octanol–water partition coefficient (Wildman–Crippen LogP) is 2.39. The summed E-state index contributed by atoms with van der Waals surface area (Å²) in [5.41, 5.74) is 1.82. The lowest BCUT2D eigenvalue weighted by Crippen LogP contribution is -2.21. The summed E-state index contributed by atoms with van der Waals surface area (Å²) in [6, 6.07) is 5.38. The Hall–Kier alpha value is -2.48. The number of rotatable bonds is 6. The summed E-state index contributed by atoms with van der Waals surface area (Å²) < 4.78 is 5.52. The number of anilines is 2. The number of ether oxygens (including phenoxy) is 1. The van der Waals surface area contributed by atoms with E-state index in [0.29, 0.717) is 23.7 Å². The Labute approximate surface area is 143 Å². The van der Waals surface area contributed by atoms with Gasteiger partial charge in [-0.3, -0.25) is 14.9 Å². The van der Waals surface area contributed by atoms with Crippen LogP contribution in [0.3, 0.4) is 0 Å². The second-order valence-electron chi connectivity index (χ2n) is 5.45. The van der Waals surface area contributed by atoms with Crippen LogP contribution in [-0.4, -0.2) is 28.6 Å². The van der Waals surface area contributed by atoms with E-state index in [0.717, 1.165) is 29.1 Å². The van der Waals surface area contributed by atoms with E-state index < -0.39 is 0 Å². The Kier molecular flexibility index (Phi) is 5.05. The van der Waals surface area contributed by atoms with E-state index in [2.05, 4.69) is 27.8 Å². The molecule has 1 aliphatic rings. The zero-order valence-corrected chi connectivity index (χ0v) is 14.1. The van der Waals surface area contributed by atoms with E-state index in [1.54, 1.807) is 12.1 Å². The molecule has 1 aromatic carbocycles. The third-order valence-corrected chi connectivity index (χ3v) is 4.42. The van der Waals surface area contributed by atoms with Gasteiger partial charge in [-0.05, 0) is 36.6 Å². The van der Waals surface area contributed by atoms with E-state index in [1.165, 1.54) is 11.3 Å². The van der Waals surface area contributed by atoms with Gasteiger partial charge >= 0.3 is 0 Å². The maximum Gasteiger partial charge on any atom is 0.264 e. The second kappa shape index (κ2) is 7.39. The van der Waals surface area contributed by atoms with Gasteiger partial charge in [0.2, 0.25) is 11.0 Å². The first kappa shape index (κ1) is 16.4. The molecule has 0 radical (unpaired) electrons. The molecule has 8 heteroatoms. The van der Waals surface area contributed by atoms with E-state index in [4.69, 9.17) is 4.74 Å². The third kappa shape index (κ3) is 4.08. The van der Waals surface area contributed by atoms with Crippen LogP contribution in [0.5, 0.6) is 5.75 Å². The molecule has 2 heterocycles. The Bertz CT molecular complexity index is 760. The Balaban J connectivity index is 1.53. The Morgan fingerprint density at radius 1 is 1.38 bits per heavy atom. The fraction of sp³-hybridized carbons (Fsp3) is 0.375. The second-order valence-corrected chi connectivity index (χ2v) is 6.52. The van der Waals surface area contributed by atoms with Gasteiger partial charge in [0.15, 0.2) is 6.61 Å². The molecule has 0 aliphatic carbocycles. The summed E-state index contributed by atoms with van der Waals surface area (Å²) in [6.07, 6.45) is 2.99. The first-order chi connectivity index (χ1) is 11.6. The molecule has 2 N–H and O–H groups in total. The number of hydrogen-bond acceptors (Lipinski definition) is 6. The molecule has 0 bridgehead atoms. The van der Waals surface area contributed by atoms with Crippen LogP contribution in [0, 0.1) is 0 Å². The molecular formula is C16H18N4O3S. The number of aryl methyl sites for hydroxylation is 2. The standard InChI is InChI=1S/C16H18N4O3S/c1-2-3-15-19-20-16(24-15)18-14(22)9-23-11-5-6-12-10(8-11)4-7-13(21)17-12/h5-6,8H,2-4,7,9H2,1H3,(H,17,21)(H,18,20,22). The fourth-order valence-electron chi connectivity index (χ4n) is 2.37. The van der Waals surface area contributed by atoms with E-state index in [1.807, 2.05) is 6.07 Å². The fourth-order valence-corrected chi connectivity index (χ4v) is 3.23. The topological polar surface area (TPSA) is 93.2 Å². The average molecular weight is 346 g/mol. The summed E-state index contributed by atoms with van der Waals surface area (Å²) in [5, 5.41) is 14.8. The lowest BCUT2D eigenvalue weighted by molar-refractivity contribution is -0.118. The minimum absolute atomic E-state index is 0.0232. The highest BCUT2D eigenvalue weighted by Gasteiger charge is 2.15. The lowest BCUT2D eigenvalue weighted by Gasteiger charge is -2.17. The number of aromatic nitrogens is 2. The predicted molar refractivity (Wildman–Crippen MR) is 91.4 cm³/mol. The maximum atomic E-state index is 11.9. The molecule has 2 amide bonds. The van der Waals surface area contributed by atoms with Gasteiger partial charge in [0.25, 0.3) is 5.91 Å². The largest absolute Gasteiger partial charge is 0.484 e. The van der Waals surface area contributed by atoms with Crippen molar-refractivity contribution in [2.24, 2.45) is 0 Å². The molecule has 0 saturated carbocycles. The SMILES string of the molecule is CCCc1nnc(NC(=O)COc2ccc3c(c2)CCC(=O)N3)s1. The number of fused-ring (bicyclic) bond motifs is 1. The van der Waals surface area contributed by atoms with Crippen molar-refractivity contribution in [1.82, 2.24) is 10.2 Å². The van der Waals surface area contributed by atoms with E-state index in [-0.39, 0.29) is 18.4 Å². The number of amides is 2. The summed E-state index contributed by atoms with van der Waals surface area (Å²) >= 11 is 1.38. The molecule has 3 rings (SSSR count). The third-order valence-electron chi connectivity index (χ3n) is 3.52. The van der Waals surface area contributed by atoms with Crippen molar-refractivity contribution in [3.63, 3.8) is 0 Å². The van der Waals surface area contributed by atoms with Crippen LogP contribution in [0.15, 0.2) is 18.2 Å². The first-order valence-corrected chi connectivity index (χ1v) is 8.63. The van der Waals surface area contributed by atoms with Crippen molar-refractivity contribution in [2.75, 3.05) is 17.2 Å². The van der Waals surface area contributed by atoms with Crippen molar-refractivity contribution < 1.29 is 14.3 Å². The number of nitrogens with one attached hydrogen (secondary N) is 2. The molecule has 24 heavy (non-hydrogen) atoms. The van der Waals surface area contributed by atoms with Gasteiger partial charge in [-0.15, -0.1) is 10.2 Å². The smallest absolute Gasteiger partial charge is 0.264 e. The zero-order valence-electron chi connectivity index (χ0n) is 13.3. The number of carbonyl (C=O) groups is 2. The minimum Gasteiger partial charge on any atom is -0.484 e. The first-order valence-electron chi connectivity index (χ1n) is 7.82. The van der Waals surface area contributed by atoms with Crippen LogP contribution in [0.2, 0.25) is 0 Å². The van der Waals surface area contributed by atoms with Gasteiger partial charge in [0.05, 0.1) is 0 Å². The van der Waals surface area contributed by atoms with Crippen molar-refractivity contribution >= 4 is 34.0 Å². The van der Waals surface area contributed by atoms with Crippen LogP contribution in [0.4, 0.5) is 10.8 Å². The number of benzene rings is 1. The van der Waals surface area contributed by atoms with Crippen molar-refractivity contribution in [3.8, 4) is 5.75 Å². The van der Waals surface area contributed by atoms with Gasteiger partial charge < -0.3 is 10.1 Å². The van der Waals surface area contributed by atoms with Crippen LogP contribution in [0.1, 0.15) is 30.3 Å². The van der Waals surface area contributed by atoms with Crippen LogP contribution in [0.25, 0.3) is 0 Å². The molecule has 1 aliphatic heterocycles. The summed E-state index contributed by atoms with van der Waals surface area (Å²) in [7, 11) is 0. The molecule has 126 valence electrons. The minimum atomic E-state index is -0.278. The maximum absolute atomic E-state index is 11.9. The van der Waals surface area contributed by atoms with Crippen molar-refractivity contribution in [1.29, 1.82) is 0 Å². The quantitative estimate of drug-likeness (QED) is 0.838. The monoisotopic (exact) mass is 346 g/mol. The summed E-state index contributed by atoms with van der Waals surface area (Å²) in [4.78, 5) is 23.3. The average Bonchev–Trinajstić information content (AvgIpc) is 3.00. The molecule has 2 aromatic rings. The highest BCUT2D eigenvalue weighted by atomic mass is 32.1. The molecule has 0 saturated heterocycles. The highest BCUT2D eigenvalue weighted by Crippen LogP contribution is 2.26. The summed E-state index contributed by atoms with van der Waals surface area (Å²) in [6.45, 7) is 1.96. The molecule has 0 atom stereocenters. The number of nitrogens with zero attached hydrogens (tertiary/aromatic N) is 2.